The van der Waals surface area contributed by atoms with Gasteiger partial charge in [0.1, 0.15) is 6.33 Å². The molecule has 6 heteroatoms. The number of aromatic nitrogens is 2. The summed E-state index contributed by atoms with van der Waals surface area (Å²) in [6.07, 6.45) is 7.09. The summed E-state index contributed by atoms with van der Waals surface area (Å²) >= 11 is 0. The third kappa shape index (κ3) is 2.75. The predicted octanol–water partition coefficient (Wildman–Crippen LogP) is 2.44. The molecule has 134 valence electrons. The molecule has 0 aliphatic carbocycles. The molecule has 2 aromatic rings. The maximum Gasteiger partial charge on any atom is 0.254 e. The van der Waals surface area contributed by atoms with Crippen molar-refractivity contribution < 1.29 is 9.59 Å². The van der Waals surface area contributed by atoms with Crippen molar-refractivity contribution in [2.24, 2.45) is 5.41 Å². The highest BCUT2D eigenvalue weighted by atomic mass is 16.2. The average Bonchev–Trinajstić information content (AvgIpc) is 2.99. The number of rotatable bonds is 2. The summed E-state index contributed by atoms with van der Waals surface area (Å²) in [6.45, 7) is 3.90. The molecule has 0 radical (unpaired) electrons. The van der Waals surface area contributed by atoms with E-state index in [1.165, 1.54) is 6.33 Å². The molecule has 0 atom stereocenters. The van der Waals surface area contributed by atoms with Crippen LogP contribution in [0, 0.1) is 12.3 Å². The zero-order valence-corrected chi connectivity index (χ0v) is 14.9. The Labute approximate surface area is 152 Å². The molecule has 2 saturated heterocycles. The number of carbonyl (C=O) groups is 2. The van der Waals surface area contributed by atoms with Crippen LogP contribution in [0.1, 0.15) is 35.2 Å². The summed E-state index contributed by atoms with van der Waals surface area (Å²) in [7, 11) is 0. The third-order valence-corrected chi connectivity index (χ3v) is 5.75. The number of piperidine rings is 1. The lowest BCUT2D eigenvalue weighted by atomic mass is 9.77. The number of likely N-dealkylation sites (tertiary alicyclic amines) is 1. The van der Waals surface area contributed by atoms with Crippen molar-refractivity contribution in [1.82, 2.24) is 14.9 Å². The zero-order chi connectivity index (χ0) is 18.1. The third-order valence-electron chi connectivity index (χ3n) is 5.75. The summed E-state index contributed by atoms with van der Waals surface area (Å²) in [5.41, 5.74) is 2.15. The van der Waals surface area contributed by atoms with E-state index in [4.69, 9.17) is 0 Å². The number of hydrogen-bond acceptors (Lipinski definition) is 4. The Bertz CT molecular complexity index is 829. The van der Waals surface area contributed by atoms with Gasteiger partial charge >= 0.3 is 0 Å². The van der Waals surface area contributed by atoms with Crippen LogP contribution in [0.4, 0.5) is 5.69 Å². The standard InChI is InChI=1S/C20H22N4O2/c1-15-4-2-3-5-17(15)18(25)23-9-6-20(7-10-23)8-11-24(19(20)26)16-12-21-14-22-13-16/h2-5,12-14H,6-11H2,1H3. The molecule has 0 N–H and O–H groups in total. The van der Waals surface area contributed by atoms with Crippen molar-refractivity contribution in [3.8, 4) is 0 Å². The molecule has 2 aliphatic rings. The molecule has 4 rings (SSSR count). The number of aryl methyl sites for hydroxylation is 1. The molecule has 2 aliphatic heterocycles. The number of nitrogens with zero attached hydrogens (tertiary/aromatic N) is 4. The number of amides is 2. The second kappa shape index (κ2) is 6.52. The van der Waals surface area contributed by atoms with Crippen LogP contribution in [-0.4, -0.2) is 46.3 Å². The SMILES string of the molecule is Cc1ccccc1C(=O)N1CCC2(CC1)CCN(c1cncnc1)C2=O. The fourth-order valence-corrected chi connectivity index (χ4v) is 4.08. The molecule has 6 nitrogen and oxygen atoms in total. The maximum atomic E-state index is 13.1. The van der Waals surface area contributed by atoms with Gasteiger partial charge in [-0.3, -0.25) is 9.59 Å². The Hall–Kier alpha value is -2.76. The lowest BCUT2D eigenvalue weighted by molar-refractivity contribution is -0.127. The first-order chi connectivity index (χ1) is 12.6. The van der Waals surface area contributed by atoms with Crippen LogP contribution < -0.4 is 4.90 Å². The lowest BCUT2D eigenvalue weighted by Gasteiger charge is -2.38. The first kappa shape index (κ1) is 16.7. The molecular weight excluding hydrogens is 328 g/mol. The summed E-state index contributed by atoms with van der Waals surface area (Å²) in [5.74, 6) is 0.215. The van der Waals surface area contributed by atoms with Gasteiger partial charge in [-0.05, 0) is 37.8 Å². The number of hydrogen-bond donors (Lipinski definition) is 0. The molecule has 0 saturated carbocycles. The van der Waals surface area contributed by atoms with Crippen molar-refractivity contribution in [3.05, 3.63) is 54.1 Å². The number of benzene rings is 1. The van der Waals surface area contributed by atoms with Crippen molar-refractivity contribution >= 4 is 17.5 Å². The highest BCUT2D eigenvalue weighted by Gasteiger charge is 2.49. The number of carbonyl (C=O) groups excluding carboxylic acids is 2. The Morgan fingerprint density at radius 2 is 1.69 bits per heavy atom. The minimum absolute atomic E-state index is 0.0664. The van der Waals surface area contributed by atoms with Gasteiger partial charge < -0.3 is 9.80 Å². The van der Waals surface area contributed by atoms with Crippen molar-refractivity contribution in [1.29, 1.82) is 0 Å². The Morgan fingerprint density at radius 3 is 2.38 bits per heavy atom. The van der Waals surface area contributed by atoms with Crippen LogP contribution >= 0.6 is 0 Å². The van der Waals surface area contributed by atoms with Gasteiger partial charge in [-0.2, -0.15) is 0 Å². The molecule has 1 aromatic heterocycles. The molecular formula is C20H22N4O2. The lowest BCUT2D eigenvalue weighted by Crippen LogP contribution is -2.46. The van der Waals surface area contributed by atoms with E-state index in [9.17, 15) is 9.59 Å². The van der Waals surface area contributed by atoms with Gasteiger partial charge in [0.05, 0.1) is 23.5 Å². The zero-order valence-electron chi connectivity index (χ0n) is 14.9. The normalized spacial score (nSPS) is 19.2. The van der Waals surface area contributed by atoms with Crippen LogP contribution in [0.2, 0.25) is 0 Å². The Balaban J connectivity index is 1.46. The predicted molar refractivity (Wildman–Crippen MR) is 97.8 cm³/mol. The molecule has 26 heavy (non-hydrogen) atoms. The van der Waals surface area contributed by atoms with Crippen molar-refractivity contribution in [3.63, 3.8) is 0 Å². The second-order valence-corrected chi connectivity index (χ2v) is 7.19. The summed E-state index contributed by atoms with van der Waals surface area (Å²) in [5, 5.41) is 0. The first-order valence-electron chi connectivity index (χ1n) is 9.03. The molecule has 2 amide bonds. The molecule has 0 bridgehead atoms. The highest BCUT2D eigenvalue weighted by molar-refractivity contribution is 6.00. The first-order valence-corrected chi connectivity index (χ1v) is 9.03. The molecule has 3 heterocycles. The van der Waals surface area contributed by atoms with E-state index in [2.05, 4.69) is 9.97 Å². The molecule has 1 aromatic carbocycles. The van der Waals surface area contributed by atoms with Gasteiger partial charge in [0.25, 0.3) is 5.91 Å². The monoisotopic (exact) mass is 350 g/mol. The largest absolute Gasteiger partial charge is 0.339 e. The second-order valence-electron chi connectivity index (χ2n) is 7.19. The van der Waals surface area contributed by atoms with Crippen molar-refractivity contribution in [2.75, 3.05) is 24.5 Å². The quantitative estimate of drug-likeness (QED) is 0.834. The highest BCUT2D eigenvalue weighted by Crippen LogP contribution is 2.43. The topological polar surface area (TPSA) is 66.4 Å². The Morgan fingerprint density at radius 1 is 1.04 bits per heavy atom. The number of anilines is 1. The molecule has 2 fully saturated rings. The van der Waals surface area contributed by atoms with Gasteiger partial charge in [0.2, 0.25) is 5.91 Å². The minimum Gasteiger partial charge on any atom is -0.339 e. The fraction of sp³-hybridized carbons (Fsp3) is 0.400. The van der Waals surface area contributed by atoms with E-state index in [1.807, 2.05) is 36.1 Å². The summed E-state index contributed by atoms with van der Waals surface area (Å²) in [6, 6.07) is 7.67. The molecule has 1 spiro atoms. The van der Waals surface area contributed by atoms with Gasteiger partial charge in [0, 0.05) is 25.2 Å². The van der Waals surface area contributed by atoms with E-state index in [0.717, 1.165) is 23.2 Å². The van der Waals surface area contributed by atoms with Crippen LogP contribution in [0.3, 0.4) is 0 Å². The van der Waals surface area contributed by atoms with Crippen LogP contribution in [0.15, 0.2) is 43.0 Å². The van der Waals surface area contributed by atoms with E-state index in [-0.39, 0.29) is 17.2 Å². The minimum atomic E-state index is -0.349. The van der Waals surface area contributed by atoms with Crippen molar-refractivity contribution in [2.45, 2.75) is 26.2 Å². The maximum absolute atomic E-state index is 13.1. The summed E-state index contributed by atoms with van der Waals surface area (Å²) in [4.78, 5) is 37.6. The van der Waals surface area contributed by atoms with Gasteiger partial charge in [-0.1, -0.05) is 18.2 Å². The fourth-order valence-electron chi connectivity index (χ4n) is 4.08. The van der Waals surface area contributed by atoms with Gasteiger partial charge in [-0.15, -0.1) is 0 Å². The van der Waals surface area contributed by atoms with Gasteiger partial charge in [-0.25, -0.2) is 9.97 Å². The van der Waals surface area contributed by atoms with E-state index in [0.29, 0.717) is 32.5 Å². The summed E-state index contributed by atoms with van der Waals surface area (Å²) < 4.78 is 0. The van der Waals surface area contributed by atoms with E-state index in [1.54, 1.807) is 17.3 Å². The van der Waals surface area contributed by atoms with Crippen LogP contribution in [0.25, 0.3) is 0 Å². The van der Waals surface area contributed by atoms with E-state index < -0.39 is 0 Å². The van der Waals surface area contributed by atoms with Crippen LogP contribution in [-0.2, 0) is 4.79 Å². The Kier molecular flexibility index (Phi) is 4.18. The van der Waals surface area contributed by atoms with E-state index >= 15 is 0 Å². The smallest absolute Gasteiger partial charge is 0.254 e. The average molecular weight is 350 g/mol. The molecule has 0 unspecified atom stereocenters. The van der Waals surface area contributed by atoms with Gasteiger partial charge in [0.15, 0.2) is 0 Å². The van der Waals surface area contributed by atoms with Crippen LogP contribution in [0.5, 0.6) is 0 Å².